The van der Waals surface area contributed by atoms with Gasteiger partial charge in [-0.1, -0.05) is 12.8 Å². The van der Waals surface area contributed by atoms with E-state index in [1.807, 2.05) is 0 Å². The van der Waals surface area contributed by atoms with E-state index < -0.39 is 12.1 Å². The van der Waals surface area contributed by atoms with Crippen molar-refractivity contribution in [3.8, 4) is 0 Å². The standard InChI is InChI=1S/C11H20F3NO/c1-15(6-7-16)8-9-4-2-3-5-10(9)11(12,13)14/h9-10,16H,2-8H2,1H3. The van der Waals surface area contributed by atoms with E-state index in [1.54, 1.807) is 11.9 Å². The van der Waals surface area contributed by atoms with Crippen LogP contribution in [0.2, 0.25) is 0 Å². The monoisotopic (exact) mass is 239 g/mol. The van der Waals surface area contributed by atoms with E-state index in [9.17, 15) is 13.2 Å². The van der Waals surface area contributed by atoms with Crippen LogP contribution in [0, 0.1) is 11.8 Å². The molecule has 0 aromatic carbocycles. The summed E-state index contributed by atoms with van der Waals surface area (Å²) in [6, 6.07) is 0. The number of hydrogen-bond acceptors (Lipinski definition) is 2. The molecule has 1 saturated carbocycles. The normalized spacial score (nSPS) is 27.4. The summed E-state index contributed by atoms with van der Waals surface area (Å²) in [6.45, 7) is 0.881. The summed E-state index contributed by atoms with van der Waals surface area (Å²) in [5.41, 5.74) is 0. The fourth-order valence-corrected chi connectivity index (χ4v) is 2.52. The van der Waals surface area contributed by atoms with Crippen LogP contribution in [0.15, 0.2) is 0 Å². The summed E-state index contributed by atoms with van der Waals surface area (Å²) in [5, 5.41) is 8.73. The fraction of sp³-hybridized carbons (Fsp3) is 1.00. The summed E-state index contributed by atoms with van der Waals surface area (Å²) < 4.78 is 38.3. The van der Waals surface area contributed by atoms with Gasteiger partial charge in [0, 0.05) is 13.1 Å². The second-order valence-electron chi connectivity index (χ2n) is 4.68. The van der Waals surface area contributed by atoms with Gasteiger partial charge in [0.25, 0.3) is 0 Å². The highest BCUT2D eigenvalue weighted by Crippen LogP contribution is 2.41. The van der Waals surface area contributed by atoms with E-state index in [0.29, 0.717) is 25.9 Å². The van der Waals surface area contributed by atoms with Crippen LogP contribution in [0.4, 0.5) is 13.2 Å². The van der Waals surface area contributed by atoms with Gasteiger partial charge < -0.3 is 10.0 Å². The maximum Gasteiger partial charge on any atom is 0.392 e. The zero-order chi connectivity index (χ0) is 12.2. The van der Waals surface area contributed by atoms with Crippen LogP contribution < -0.4 is 0 Å². The molecule has 0 saturated heterocycles. The Morgan fingerprint density at radius 1 is 1.25 bits per heavy atom. The number of nitrogens with zero attached hydrogens (tertiary/aromatic N) is 1. The van der Waals surface area contributed by atoms with Gasteiger partial charge >= 0.3 is 6.18 Å². The first-order valence-corrected chi connectivity index (χ1v) is 5.81. The van der Waals surface area contributed by atoms with Gasteiger partial charge in [-0.2, -0.15) is 13.2 Å². The van der Waals surface area contributed by atoms with E-state index in [4.69, 9.17) is 5.11 Å². The molecule has 1 N–H and O–H groups in total. The van der Waals surface area contributed by atoms with Gasteiger partial charge in [-0.3, -0.25) is 0 Å². The number of halogens is 3. The Bertz CT molecular complexity index is 208. The molecule has 0 aliphatic heterocycles. The number of aliphatic hydroxyl groups is 1. The number of hydrogen-bond donors (Lipinski definition) is 1. The summed E-state index contributed by atoms with van der Waals surface area (Å²) in [7, 11) is 1.76. The van der Waals surface area contributed by atoms with E-state index in [0.717, 1.165) is 6.42 Å². The minimum Gasteiger partial charge on any atom is -0.395 e. The van der Waals surface area contributed by atoms with Crippen molar-refractivity contribution in [1.82, 2.24) is 4.90 Å². The average molecular weight is 239 g/mol. The first kappa shape index (κ1) is 13.8. The third-order valence-electron chi connectivity index (χ3n) is 3.36. The highest BCUT2D eigenvalue weighted by Gasteiger charge is 2.45. The van der Waals surface area contributed by atoms with Gasteiger partial charge in [0.1, 0.15) is 0 Å². The van der Waals surface area contributed by atoms with Crippen molar-refractivity contribution in [3.63, 3.8) is 0 Å². The molecule has 2 atom stereocenters. The smallest absolute Gasteiger partial charge is 0.392 e. The van der Waals surface area contributed by atoms with Crippen LogP contribution >= 0.6 is 0 Å². The molecule has 96 valence electrons. The molecule has 0 aromatic rings. The highest BCUT2D eigenvalue weighted by atomic mass is 19.4. The zero-order valence-corrected chi connectivity index (χ0v) is 9.63. The molecule has 0 heterocycles. The molecule has 0 amide bonds. The van der Waals surface area contributed by atoms with E-state index in [2.05, 4.69) is 0 Å². The number of aliphatic hydroxyl groups excluding tert-OH is 1. The first-order valence-electron chi connectivity index (χ1n) is 5.81. The average Bonchev–Trinajstić information content (AvgIpc) is 2.17. The van der Waals surface area contributed by atoms with Crippen LogP contribution in [0.5, 0.6) is 0 Å². The molecule has 0 aromatic heterocycles. The maximum atomic E-state index is 12.8. The molecule has 0 bridgehead atoms. The molecule has 5 heteroatoms. The minimum absolute atomic E-state index is 0.0000947. The second-order valence-corrected chi connectivity index (χ2v) is 4.68. The van der Waals surface area contributed by atoms with Gasteiger partial charge in [0.15, 0.2) is 0 Å². The van der Waals surface area contributed by atoms with Crippen LogP contribution in [0.25, 0.3) is 0 Å². The molecule has 16 heavy (non-hydrogen) atoms. The van der Waals surface area contributed by atoms with Gasteiger partial charge in [-0.25, -0.2) is 0 Å². The van der Waals surface area contributed by atoms with Gasteiger partial charge in [-0.05, 0) is 25.8 Å². The third kappa shape index (κ3) is 3.94. The van der Waals surface area contributed by atoms with Crippen molar-refractivity contribution in [2.45, 2.75) is 31.9 Å². The summed E-state index contributed by atoms with van der Waals surface area (Å²) in [5.74, 6) is -1.45. The Hall–Kier alpha value is -0.290. The first-order chi connectivity index (χ1) is 7.45. The largest absolute Gasteiger partial charge is 0.395 e. The SMILES string of the molecule is CN(CCO)CC1CCCCC1C(F)(F)F. The fourth-order valence-electron chi connectivity index (χ4n) is 2.52. The molecular weight excluding hydrogens is 219 g/mol. The highest BCUT2D eigenvalue weighted by molar-refractivity contribution is 4.82. The van der Waals surface area contributed by atoms with E-state index in [1.165, 1.54) is 0 Å². The van der Waals surface area contributed by atoms with Gasteiger partial charge in [0.05, 0.1) is 12.5 Å². The van der Waals surface area contributed by atoms with Crippen LogP contribution in [-0.4, -0.2) is 42.9 Å². The van der Waals surface area contributed by atoms with Crippen molar-refractivity contribution in [2.75, 3.05) is 26.7 Å². The van der Waals surface area contributed by atoms with Crippen molar-refractivity contribution in [1.29, 1.82) is 0 Å². The lowest BCUT2D eigenvalue weighted by atomic mass is 9.78. The molecule has 1 aliphatic rings. The molecule has 0 radical (unpaired) electrons. The molecular formula is C11H20F3NO. The molecule has 1 rings (SSSR count). The quantitative estimate of drug-likeness (QED) is 0.813. The van der Waals surface area contributed by atoms with Gasteiger partial charge in [-0.15, -0.1) is 0 Å². The Balaban J connectivity index is 2.53. The van der Waals surface area contributed by atoms with Crippen LogP contribution in [-0.2, 0) is 0 Å². The lowest BCUT2D eigenvalue weighted by Crippen LogP contribution is -2.39. The van der Waals surface area contributed by atoms with E-state index >= 15 is 0 Å². The molecule has 2 nitrogen and oxygen atoms in total. The summed E-state index contributed by atoms with van der Waals surface area (Å²) in [6.07, 6.45) is -1.57. The topological polar surface area (TPSA) is 23.5 Å². The Morgan fingerprint density at radius 3 is 2.44 bits per heavy atom. The third-order valence-corrected chi connectivity index (χ3v) is 3.36. The molecule has 1 fully saturated rings. The van der Waals surface area contributed by atoms with Crippen molar-refractivity contribution in [3.05, 3.63) is 0 Å². The van der Waals surface area contributed by atoms with Gasteiger partial charge in [0.2, 0.25) is 0 Å². The maximum absolute atomic E-state index is 12.8. The predicted molar refractivity (Wildman–Crippen MR) is 56.1 cm³/mol. The molecule has 0 spiro atoms. The lowest BCUT2D eigenvalue weighted by Gasteiger charge is -2.35. The lowest BCUT2D eigenvalue weighted by molar-refractivity contribution is -0.197. The van der Waals surface area contributed by atoms with Crippen molar-refractivity contribution >= 4 is 0 Å². The van der Waals surface area contributed by atoms with Crippen molar-refractivity contribution in [2.24, 2.45) is 11.8 Å². The Labute approximate surface area is 94.4 Å². The second kappa shape index (κ2) is 5.87. The number of likely N-dealkylation sites (N-methyl/N-ethyl adjacent to an activating group) is 1. The Morgan fingerprint density at radius 2 is 1.88 bits per heavy atom. The molecule has 1 aliphatic carbocycles. The van der Waals surface area contributed by atoms with Crippen molar-refractivity contribution < 1.29 is 18.3 Å². The molecule has 2 unspecified atom stereocenters. The Kier molecular flexibility index (Phi) is 5.05. The van der Waals surface area contributed by atoms with Crippen LogP contribution in [0.1, 0.15) is 25.7 Å². The van der Waals surface area contributed by atoms with E-state index in [-0.39, 0.29) is 18.9 Å². The summed E-state index contributed by atoms with van der Waals surface area (Å²) in [4.78, 5) is 1.79. The van der Waals surface area contributed by atoms with Crippen LogP contribution in [0.3, 0.4) is 0 Å². The zero-order valence-electron chi connectivity index (χ0n) is 9.63. The number of alkyl halides is 3. The number of rotatable bonds is 4. The predicted octanol–water partition coefficient (Wildman–Crippen LogP) is 2.28. The minimum atomic E-state index is -4.06. The summed E-state index contributed by atoms with van der Waals surface area (Å²) >= 11 is 0.